The van der Waals surface area contributed by atoms with Crippen molar-refractivity contribution in [2.45, 2.75) is 0 Å². The van der Waals surface area contributed by atoms with Gasteiger partial charge in [-0.3, -0.25) is 0 Å². The van der Waals surface area contributed by atoms with Crippen LogP contribution in [0.15, 0.2) is 48.5 Å². The van der Waals surface area contributed by atoms with E-state index in [0.29, 0.717) is 14.5 Å². The molecule has 76 valence electrons. The Morgan fingerprint density at radius 3 is 2.50 bits per heavy atom. The number of hydrogen-bond donors (Lipinski definition) is 1. The molecule has 0 spiro atoms. The van der Waals surface area contributed by atoms with Crippen LogP contribution in [-0.2, 0) is 0 Å². The van der Waals surface area contributed by atoms with E-state index < -0.39 is 0 Å². The van der Waals surface area contributed by atoms with Gasteiger partial charge in [0.1, 0.15) is 0 Å². The van der Waals surface area contributed by atoms with Gasteiger partial charge in [-0.05, 0) is 0 Å². The van der Waals surface area contributed by atoms with Crippen LogP contribution in [-0.4, -0.2) is 19.5 Å². The van der Waals surface area contributed by atoms with E-state index in [1.165, 1.54) is 30.3 Å². The summed E-state index contributed by atoms with van der Waals surface area (Å²) < 4.78 is 3.02. The number of H-pyrrole nitrogens is 1. The van der Waals surface area contributed by atoms with Crippen LogP contribution in [0.5, 0.6) is 0 Å². The Morgan fingerprint density at radius 1 is 0.812 bits per heavy atom. The number of nitrogens with one attached hydrogen (secondary N) is 1. The van der Waals surface area contributed by atoms with Gasteiger partial charge in [-0.1, -0.05) is 0 Å². The SMILES string of the molecule is c1ccc2c(c1)[nH]c1c3ccccc3[se]c21. The standard InChI is InChI=1S/C14H9NSe/c1-3-7-11-9(5-1)14-13(15-11)10-6-2-4-8-12(10)16-14/h1-8,15H. The van der Waals surface area contributed by atoms with Crippen molar-refractivity contribution < 1.29 is 0 Å². The predicted molar refractivity (Wildman–Crippen MR) is 70.3 cm³/mol. The summed E-state index contributed by atoms with van der Waals surface area (Å²) in [6.07, 6.45) is 0. The third-order valence-corrected chi connectivity index (χ3v) is 5.55. The minimum absolute atomic E-state index is 0.464. The number of fused-ring (bicyclic) bond motifs is 5. The molecular formula is C14H9NSe. The van der Waals surface area contributed by atoms with Gasteiger partial charge < -0.3 is 0 Å². The first-order valence-electron chi connectivity index (χ1n) is 5.31. The van der Waals surface area contributed by atoms with Gasteiger partial charge in [-0.15, -0.1) is 0 Å². The first-order chi connectivity index (χ1) is 7.93. The number of para-hydroxylation sites is 1. The van der Waals surface area contributed by atoms with Gasteiger partial charge >= 0.3 is 98.3 Å². The van der Waals surface area contributed by atoms with E-state index in [2.05, 4.69) is 53.5 Å². The average molecular weight is 270 g/mol. The summed E-state index contributed by atoms with van der Waals surface area (Å²) >= 11 is 0.464. The van der Waals surface area contributed by atoms with Gasteiger partial charge in [0.25, 0.3) is 0 Å². The van der Waals surface area contributed by atoms with Crippen molar-refractivity contribution in [3.63, 3.8) is 0 Å². The number of aromatic nitrogens is 1. The van der Waals surface area contributed by atoms with Crippen molar-refractivity contribution in [1.82, 2.24) is 4.98 Å². The number of rotatable bonds is 0. The van der Waals surface area contributed by atoms with Gasteiger partial charge in [0.15, 0.2) is 0 Å². The Morgan fingerprint density at radius 2 is 1.56 bits per heavy atom. The first kappa shape index (κ1) is 8.63. The van der Waals surface area contributed by atoms with Crippen LogP contribution in [0.1, 0.15) is 0 Å². The van der Waals surface area contributed by atoms with E-state index in [1.54, 1.807) is 0 Å². The van der Waals surface area contributed by atoms with E-state index in [9.17, 15) is 0 Å². The topological polar surface area (TPSA) is 15.8 Å². The molecule has 0 aliphatic carbocycles. The Bertz CT molecular complexity index is 737. The fraction of sp³-hybridized carbons (Fsp3) is 0. The molecular weight excluding hydrogens is 261 g/mol. The van der Waals surface area contributed by atoms with Crippen LogP contribution in [0, 0.1) is 0 Å². The summed E-state index contributed by atoms with van der Waals surface area (Å²) in [5, 5.41) is 2.79. The second-order valence-corrected chi connectivity index (χ2v) is 6.18. The minimum atomic E-state index is 0.464. The molecule has 1 nitrogen and oxygen atoms in total. The monoisotopic (exact) mass is 271 g/mol. The Labute approximate surface area is 98.4 Å². The van der Waals surface area contributed by atoms with E-state index >= 15 is 0 Å². The van der Waals surface area contributed by atoms with E-state index in [0.717, 1.165) is 0 Å². The quantitative estimate of drug-likeness (QED) is 0.470. The third-order valence-electron chi connectivity index (χ3n) is 3.03. The van der Waals surface area contributed by atoms with Crippen LogP contribution >= 0.6 is 0 Å². The molecule has 0 radical (unpaired) electrons. The zero-order valence-corrected chi connectivity index (χ0v) is 10.2. The third kappa shape index (κ3) is 1.01. The molecule has 0 aliphatic heterocycles. The molecule has 0 fully saturated rings. The van der Waals surface area contributed by atoms with Crippen molar-refractivity contribution >= 4 is 44.8 Å². The summed E-state index contributed by atoms with van der Waals surface area (Å²) in [5.41, 5.74) is 2.61. The zero-order valence-electron chi connectivity index (χ0n) is 8.53. The molecule has 2 heteroatoms. The molecule has 0 amide bonds. The Hall–Kier alpha value is -1.50. The molecule has 0 atom stereocenters. The molecule has 0 saturated heterocycles. The van der Waals surface area contributed by atoms with Crippen LogP contribution in [0.25, 0.3) is 30.3 Å². The fourth-order valence-corrected chi connectivity index (χ4v) is 4.80. The molecule has 4 aromatic rings. The van der Waals surface area contributed by atoms with E-state index in [-0.39, 0.29) is 0 Å². The van der Waals surface area contributed by atoms with Gasteiger partial charge in [0, 0.05) is 0 Å². The average Bonchev–Trinajstić information content (AvgIpc) is 2.85. The molecule has 4 rings (SSSR count). The molecule has 2 aromatic carbocycles. The molecule has 0 saturated carbocycles. The van der Waals surface area contributed by atoms with Crippen LogP contribution < -0.4 is 0 Å². The van der Waals surface area contributed by atoms with Gasteiger partial charge in [0.05, 0.1) is 0 Å². The van der Waals surface area contributed by atoms with E-state index in [4.69, 9.17) is 0 Å². The van der Waals surface area contributed by atoms with Gasteiger partial charge in [-0.2, -0.15) is 0 Å². The van der Waals surface area contributed by atoms with E-state index in [1.807, 2.05) is 0 Å². The maximum absolute atomic E-state index is 3.55. The second kappa shape index (κ2) is 3.00. The summed E-state index contributed by atoms with van der Waals surface area (Å²) in [6, 6.07) is 17.3. The molecule has 0 unspecified atom stereocenters. The number of hydrogen-bond acceptors (Lipinski definition) is 0. The molecule has 2 aromatic heterocycles. The van der Waals surface area contributed by atoms with Crippen molar-refractivity contribution in [1.29, 1.82) is 0 Å². The fourth-order valence-electron chi connectivity index (χ4n) is 2.28. The molecule has 2 heterocycles. The van der Waals surface area contributed by atoms with Crippen molar-refractivity contribution in [3.05, 3.63) is 48.5 Å². The molecule has 1 N–H and O–H groups in total. The second-order valence-electron chi connectivity index (χ2n) is 3.97. The van der Waals surface area contributed by atoms with Crippen molar-refractivity contribution in [3.8, 4) is 0 Å². The summed E-state index contributed by atoms with van der Waals surface area (Å²) in [7, 11) is 0. The number of benzene rings is 2. The number of aromatic amines is 1. The predicted octanol–water partition coefficient (Wildman–Crippen LogP) is 3.53. The summed E-state index contributed by atoms with van der Waals surface area (Å²) in [6.45, 7) is 0. The van der Waals surface area contributed by atoms with Crippen LogP contribution in [0.2, 0.25) is 0 Å². The molecule has 0 bridgehead atoms. The normalized spacial score (nSPS) is 11.8. The van der Waals surface area contributed by atoms with Crippen LogP contribution in [0.3, 0.4) is 0 Å². The van der Waals surface area contributed by atoms with Crippen molar-refractivity contribution in [2.24, 2.45) is 0 Å². The molecule has 0 aliphatic rings. The summed E-state index contributed by atoms with van der Waals surface area (Å²) in [4.78, 5) is 3.55. The maximum atomic E-state index is 3.55. The van der Waals surface area contributed by atoms with Crippen molar-refractivity contribution in [2.75, 3.05) is 0 Å². The Balaban J connectivity index is 2.35. The summed E-state index contributed by atoms with van der Waals surface area (Å²) in [5.74, 6) is 0. The van der Waals surface area contributed by atoms with Gasteiger partial charge in [0.2, 0.25) is 0 Å². The molecule has 16 heavy (non-hydrogen) atoms. The zero-order chi connectivity index (χ0) is 10.5. The van der Waals surface area contributed by atoms with Crippen LogP contribution in [0.4, 0.5) is 0 Å². The van der Waals surface area contributed by atoms with Gasteiger partial charge in [-0.25, -0.2) is 0 Å². The Kier molecular flexibility index (Phi) is 1.62. The first-order valence-corrected chi connectivity index (χ1v) is 7.03.